The van der Waals surface area contributed by atoms with Crippen molar-refractivity contribution in [2.24, 2.45) is 0 Å². The molecule has 2 atom stereocenters. The fraction of sp³-hybridized carbons (Fsp3) is 0.343. The summed E-state index contributed by atoms with van der Waals surface area (Å²) in [6, 6.07) is 22.3. The molecule has 0 aliphatic heterocycles. The number of thiazole rings is 1. The van der Waals surface area contributed by atoms with Crippen molar-refractivity contribution >= 4 is 23.2 Å². The maximum atomic E-state index is 13.7. The molecule has 232 valence electrons. The van der Waals surface area contributed by atoms with E-state index >= 15 is 0 Å². The highest BCUT2D eigenvalue weighted by atomic mass is 32.1. The highest BCUT2D eigenvalue weighted by Crippen LogP contribution is 2.18. The third-order valence-electron chi connectivity index (χ3n) is 7.32. The van der Waals surface area contributed by atoms with E-state index in [-0.39, 0.29) is 18.4 Å². The monoisotopic (exact) mass is 614 g/mol. The number of aliphatic hydroxyl groups excluding tert-OH is 1. The summed E-state index contributed by atoms with van der Waals surface area (Å²) < 4.78 is 5.31. The molecule has 0 unspecified atom stereocenters. The number of ether oxygens (including phenoxy) is 1. The Morgan fingerprint density at radius 1 is 1.00 bits per heavy atom. The minimum atomic E-state index is -0.863. The van der Waals surface area contributed by atoms with Gasteiger partial charge < -0.3 is 25.4 Å². The van der Waals surface area contributed by atoms with E-state index in [9.17, 15) is 14.7 Å². The molecule has 0 spiro atoms. The zero-order chi connectivity index (χ0) is 31.5. The van der Waals surface area contributed by atoms with Crippen LogP contribution in [0, 0.1) is 6.92 Å². The lowest BCUT2D eigenvalue weighted by molar-refractivity contribution is 0.0784. The van der Waals surface area contributed by atoms with Crippen LogP contribution in [0.4, 0.5) is 0 Å². The minimum absolute atomic E-state index is 0.174. The molecule has 3 N–H and O–H groups in total. The van der Waals surface area contributed by atoms with E-state index in [4.69, 9.17) is 4.74 Å². The van der Waals surface area contributed by atoms with Crippen LogP contribution in [0.5, 0.6) is 5.75 Å². The van der Waals surface area contributed by atoms with E-state index in [0.29, 0.717) is 30.6 Å². The Balaban J connectivity index is 1.50. The number of nitrogens with zero attached hydrogens (tertiary/aromatic N) is 2. The smallest absolute Gasteiger partial charge is 0.254 e. The first-order chi connectivity index (χ1) is 21.2. The van der Waals surface area contributed by atoms with Gasteiger partial charge in [0.05, 0.1) is 25.8 Å². The number of amides is 2. The van der Waals surface area contributed by atoms with Crippen molar-refractivity contribution in [1.82, 2.24) is 20.5 Å². The topological polar surface area (TPSA) is 104 Å². The second-order valence-electron chi connectivity index (χ2n) is 11.0. The van der Waals surface area contributed by atoms with Gasteiger partial charge in [-0.2, -0.15) is 0 Å². The van der Waals surface area contributed by atoms with Crippen molar-refractivity contribution in [2.45, 2.75) is 58.3 Å². The van der Waals surface area contributed by atoms with Gasteiger partial charge in [-0.25, -0.2) is 4.98 Å². The van der Waals surface area contributed by atoms with Gasteiger partial charge in [0.25, 0.3) is 11.8 Å². The van der Waals surface area contributed by atoms with Crippen LogP contribution in [0.25, 0.3) is 0 Å². The van der Waals surface area contributed by atoms with E-state index in [1.807, 2.05) is 79.0 Å². The van der Waals surface area contributed by atoms with E-state index in [1.54, 1.807) is 25.1 Å². The first kappa shape index (κ1) is 32.9. The third kappa shape index (κ3) is 9.47. The van der Waals surface area contributed by atoms with Gasteiger partial charge in [-0.15, -0.1) is 11.3 Å². The summed E-state index contributed by atoms with van der Waals surface area (Å²) in [6.07, 6.45) is 1.20. The zero-order valence-electron chi connectivity index (χ0n) is 25.9. The lowest BCUT2D eigenvalue weighted by Crippen LogP contribution is -2.48. The number of carbonyl (C=O) groups excluding carboxylic acids is 2. The molecule has 0 saturated carbocycles. The number of aromatic nitrogens is 1. The highest BCUT2D eigenvalue weighted by molar-refractivity contribution is 7.09. The molecule has 2 amide bonds. The number of benzene rings is 3. The van der Waals surface area contributed by atoms with Crippen LogP contribution in [0.2, 0.25) is 0 Å². The largest absolute Gasteiger partial charge is 0.497 e. The van der Waals surface area contributed by atoms with Crippen LogP contribution in [0.3, 0.4) is 0 Å². The molecular weight excluding hydrogens is 572 g/mol. The van der Waals surface area contributed by atoms with E-state index in [0.717, 1.165) is 46.0 Å². The van der Waals surface area contributed by atoms with Crippen LogP contribution in [0.15, 0.2) is 78.2 Å². The van der Waals surface area contributed by atoms with Gasteiger partial charge >= 0.3 is 0 Å². The van der Waals surface area contributed by atoms with Gasteiger partial charge in [-0.3, -0.25) is 9.59 Å². The standard InChI is InChI=1S/C35H42N4O4S/c1-5-10-26-15-28(19-29(16-26)35(42)39(3)22-33-37-24(2)23-44-33)34(41)38-31(18-25-11-7-6-8-12-25)32(40)21-36-20-27-13-9-14-30(17-27)43-4/h6-9,11-17,19,23,31-32,36,40H,5,10,18,20-22H2,1-4H3,(H,38,41)/t31-,32+/m0/s1. The molecule has 0 fully saturated rings. The number of aliphatic hydroxyl groups is 1. The van der Waals surface area contributed by atoms with Crippen molar-refractivity contribution in [1.29, 1.82) is 0 Å². The Bertz CT molecular complexity index is 1520. The first-order valence-electron chi connectivity index (χ1n) is 14.9. The molecule has 0 aliphatic carbocycles. The molecule has 0 aliphatic rings. The Kier molecular flexibility index (Phi) is 12.1. The fourth-order valence-corrected chi connectivity index (χ4v) is 5.87. The van der Waals surface area contributed by atoms with Crippen LogP contribution < -0.4 is 15.4 Å². The Morgan fingerprint density at radius 2 is 1.75 bits per heavy atom. The van der Waals surface area contributed by atoms with Crippen LogP contribution in [0.1, 0.15) is 61.5 Å². The average Bonchev–Trinajstić information content (AvgIpc) is 3.44. The van der Waals surface area contributed by atoms with Gasteiger partial charge in [0, 0.05) is 42.3 Å². The number of aryl methyl sites for hydroxylation is 2. The molecule has 1 aromatic heterocycles. The van der Waals surface area contributed by atoms with Gasteiger partial charge in [0.15, 0.2) is 0 Å². The van der Waals surface area contributed by atoms with E-state index in [1.165, 1.54) is 11.3 Å². The SMILES string of the molecule is CCCc1cc(C(=O)N[C@@H](Cc2ccccc2)[C@H](O)CNCc2cccc(OC)c2)cc(C(=O)N(C)Cc2nc(C)cs2)c1. The second-order valence-corrected chi connectivity index (χ2v) is 12.0. The van der Waals surface area contributed by atoms with E-state index in [2.05, 4.69) is 22.5 Å². The van der Waals surface area contributed by atoms with Crippen molar-refractivity contribution in [3.8, 4) is 5.75 Å². The number of carbonyl (C=O) groups is 2. The summed E-state index contributed by atoms with van der Waals surface area (Å²) in [4.78, 5) is 33.3. The zero-order valence-corrected chi connectivity index (χ0v) is 26.7. The molecule has 0 saturated heterocycles. The van der Waals surface area contributed by atoms with Crippen molar-refractivity contribution in [3.63, 3.8) is 0 Å². The van der Waals surface area contributed by atoms with Crippen molar-refractivity contribution < 1.29 is 19.4 Å². The molecule has 0 bridgehead atoms. The predicted molar refractivity (Wildman–Crippen MR) is 175 cm³/mol. The first-order valence-corrected chi connectivity index (χ1v) is 15.8. The van der Waals surface area contributed by atoms with Gasteiger partial charge in [0.2, 0.25) is 0 Å². The van der Waals surface area contributed by atoms with Gasteiger partial charge in [0.1, 0.15) is 10.8 Å². The molecule has 44 heavy (non-hydrogen) atoms. The summed E-state index contributed by atoms with van der Waals surface area (Å²) in [7, 11) is 3.38. The summed E-state index contributed by atoms with van der Waals surface area (Å²) in [5.74, 6) is 0.266. The minimum Gasteiger partial charge on any atom is -0.497 e. The highest BCUT2D eigenvalue weighted by Gasteiger charge is 2.24. The third-order valence-corrected chi connectivity index (χ3v) is 8.27. The molecule has 4 aromatic rings. The number of methoxy groups -OCH3 is 1. The summed E-state index contributed by atoms with van der Waals surface area (Å²) in [6.45, 7) is 5.20. The maximum absolute atomic E-state index is 13.7. The fourth-order valence-electron chi connectivity index (χ4n) is 5.04. The Morgan fingerprint density at radius 3 is 2.45 bits per heavy atom. The molecule has 4 rings (SSSR count). The average molecular weight is 615 g/mol. The summed E-state index contributed by atoms with van der Waals surface area (Å²) in [5, 5.41) is 20.5. The molecule has 8 nitrogen and oxygen atoms in total. The Labute approximate surface area is 264 Å². The molecule has 9 heteroatoms. The lowest BCUT2D eigenvalue weighted by Gasteiger charge is -2.25. The number of hydrogen-bond donors (Lipinski definition) is 3. The maximum Gasteiger partial charge on any atom is 0.254 e. The molecule has 1 heterocycles. The second kappa shape index (κ2) is 16.1. The normalized spacial score (nSPS) is 12.4. The summed E-state index contributed by atoms with van der Waals surface area (Å²) in [5.41, 5.74) is 4.73. The van der Waals surface area contributed by atoms with Crippen LogP contribution >= 0.6 is 11.3 Å². The van der Waals surface area contributed by atoms with Crippen LogP contribution in [-0.2, 0) is 25.9 Å². The van der Waals surface area contributed by atoms with Gasteiger partial charge in [-0.05, 0) is 66.8 Å². The van der Waals surface area contributed by atoms with E-state index < -0.39 is 12.1 Å². The van der Waals surface area contributed by atoms with Crippen molar-refractivity contribution in [2.75, 3.05) is 20.7 Å². The Hall–Kier alpha value is -4.05. The quantitative estimate of drug-likeness (QED) is 0.171. The number of hydrogen-bond acceptors (Lipinski definition) is 7. The number of rotatable bonds is 15. The van der Waals surface area contributed by atoms with Gasteiger partial charge in [-0.1, -0.05) is 55.8 Å². The molecule has 3 aromatic carbocycles. The molecule has 0 radical (unpaired) electrons. The predicted octanol–water partition coefficient (Wildman–Crippen LogP) is 5.18. The van der Waals surface area contributed by atoms with Crippen LogP contribution in [-0.4, -0.2) is 59.7 Å². The molecular formula is C35H42N4O4S. The number of nitrogens with one attached hydrogen (secondary N) is 2. The van der Waals surface area contributed by atoms with Crippen molar-refractivity contribution in [3.05, 3.63) is 117 Å². The lowest BCUT2D eigenvalue weighted by atomic mass is 9.98. The summed E-state index contributed by atoms with van der Waals surface area (Å²) >= 11 is 1.52.